The first kappa shape index (κ1) is 13.2. The summed E-state index contributed by atoms with van der Waals surface area (Å²) in [6, 6.07) is 1.82. The summed E-state index contributed by atoms with van der Waals surface area (Å²) >= 11 is 0. The van der Waals surface area contributed by atoms with Crippen LogP contribution in [-0.2, 0) is 20.2 Å². The van der Waals surface area contributed by atoms with E-state index in [0.29, 0.717) is 19.8 Å². The second-order valence-electron chi connectivity index (χ2n) is 3.25. The van der Waals surface area contributed by atoms with E-state index in [2.05, 4.69) is 0 Å². The minimum Gasteiger partial charge on any atom is -0.469 e. The average molecular weight is 228 g/mol. The van der Waals surface area contributed by atoms with Crippen molar-refractivity contribution < 1.29 is 18.6 Å². The molecule has 1 heterocycles. The Labute approximate surface area is 96.5 Å². The van der Waals surface area contributed by atoms with Crippen molar-refractivity contribution in [1.29, 1.82) is 0 Å². The fourth-order valence-corrected chi connectivity index (χ4v) is 1.63. The third kappa shape index (κ3) is 2.64. The Hall–Kier alpha value is -0.840. The summed E-state index contributed by atoms with van der Waals surface area (Å²) < 4.78 is 22.2. The quantitative estimate of drug-likeness (QED) is 0.673. The number of hydrogen-bond acceptors (Lipinski definition) is 4. The zero-order chi connectivity index (χ0) is 12.0. The van der Waals surface area contributed by atoms with Crippen molar-refractivity contribution in [3.05, 3.63) is 23.7 Å². The Morgan fingerprint density at radius 1 is 1.06 bits per heavy atom. The molecule has 92 valence electrons. The Balaban J connectivity index is 3.04. The number of hydrogen-bond donors (Lipinski definition) is 0. The van der Waals surface area contributed by atoms with Gasteiger partial charge in [0.2, 0.25) is 0 Å². The van der Waals surface area contributed by atoms with Gasteiger partial charge in [0, 0.05) is 19.8 Å². The zero-order valence-electron chi connectivity index (χ0n) is 10.4. The van der Waals surface area contributed by atoms with Crippen molar-refractivity contribution in [1.82, 2.24) is 0 Å². The molecule has 0 aliphatic rings. The minimum atomic E-state index is -1.13. The van der Waals surface area contributed by atoms with Gasteiger partial charge in [-0.05, 0) is 33.8 Å². The largest absolute Gasteiger partial charge is 0.469 e. The molecule has 1 aromatic rings. The molecule has 0 atom stereocenters. The molecule has 0 amide bonds. The molecule has 0 aliphatic heterocycles. The lowest BCUT2D eigenvalue weighted by Crippen LogP contribution is -2.36. The van der Waals surface area contributed by atoms with Crippen LogP contribution in [0.15, 0.2) is 16.7 Å². The molecule has 0 saturated heterocycles. The highest BCUT2D eigenvalue weighted by Gasteiger charge is 2.38. The van der Waals surface area contributed by atoms with Crippen LogP contribution in [-0.4, -0.2) is 19.8 Å². The summed E-state index contributed by atoms with van der Waals surface area (Å²) in [7, 11) is 0. The molecule has 0 radical (unpaired) electrons. The summed E-state index contributed by atoms with van der Waals surface area (Å²) in [6.45, 7) is 9.09. The van der Waals surface area contributed by atoms with E-state index < -0.39 is 5.97 Å². The zero-order valence-corrected chi connectivity index (χ0v) is 10.4. The van der Waals surface area contributed by atoms with Gasteiger partial charge in [-0.25, -0.2) is 0 Å². The fraction of sp³-hybridized carbons (Fsp3) is 0.667. The molecule has 1 aromatic heterocycles. The maximum Gasteiger partial charge on any atom is 0.315 e. The van der Waals surface area contributed by atoms with E-state index in [1.165, 1.54) is 0 Å². The summed E-state index contributed by atoms with van der Waals surface area (Å²) in [4.78, 5) is 0. The van der Waals surface area contributed by atoms with Crippen LogP contribution >= 0.6 is 0 Å². The van der Waals surface area contributed by atoms with Crippen LogP contribution < -0.4 is 0 Å². The van der Waals surface area contributed by atoms with Crippen LogP contribution in [0.2, 0.25) is 0 Å². The van der Waals surface area contributed by atoms with E-state index in [4.69, 9.17) is 18.6 Å². The Morgan fingerprint density at radius 3 is 1.88 bits per heavy atom. The van der Waals surface area contributed by atoms with Gasteiger partial charge >= 0.3 is 5.97 Å². The number of furan rings is 1. The van der Waals surface area contributed by atoms with Crippen LogP contribution in [0.5, 0.6) is 0 Å². The summed E-state index contributed by atoms with van der Waals surface area (Å²) in [6.07, 6.45) is 1.61. The lowest BCUT2D eigenvalue weighted by atomic mass is 10.2. The van der Waals surface area contributed by atoms with Crippen molar-refractivity contribution in [2.24, 2.45) is 0 Å². The first-order chi connectivity index (χ1) is 7.70. The monoisotopic (exact) mass is 228 g/mol. The highest BCUT2D eigenvalue weighted by atomic mass is 16.9. The first-order valence-corrected chi connectivity index (χ1v) is 5.66. The average Bonchev–Trinajstić information content (AvgIpc) is 2.66. The molecule has 0 bridgehead atoms. The summed E-state index contributed by atoms with van der Waals surface area (Å²) in [5, 5.41) is 0. The van der Waals surface area contributed by atoms with Crippen LogP contribution in [0, 0.1) is 6.92 Å². The van der Waals surface area contributed by atoms with Gasteiger partial charge in [0.15, 0.2) is 0 Å². The predicted octanol–water partition coefficient (Wildman–Crippen LogP) is 2.81. The van der Waals surface area contributed by atoms with Crippen molar-refractivity contribution in [2.45, 2.75) is 33.7 Å². The molecule has 0 unspecified atom stereocenters. The van der Waals surface area contributed by atoms with Gasteiger partial charge in [-0.3, -0.25) is 0 Å². The predicted molar refractivity (Wildman–Crippen MR) is 60.0 cm³/mol. The molecule has 16 heavy (non-hydrogen) atoms. The van der Waals surface area contributed by atoms with Crippen LogP contribution in [0.4, 0.5) is 0 Å². The lowest BCUT2D eigenvalue weighted by molar-refractivity contribution is -0.390. The van der Waals surface area contributed by atoms with Crippen molar-refractivity contribution in [3.8, 4) is 0 Å². The van der Waals surface area contributed by atoms with Gasteiger partial charge in [0.1, 0.15) is 5.76 Å². The van der Waals surface area contributed by atoms with E-state index >= 15 is 0 Å². The number of ether oxygens (including phenoxy) is 3. The SMILES string of the molecule is CCOC(OCC)(OCC)c1ccoc1C. The maximum absolute atomic E-state index is 5.63. The highest BCUT2D eigenvalue weighted by molar-refractivity contribution is 5.19. The van der Waals surface area contributed by atoms with Gasteiger partial charge in [-0.1, -0.05) is 0 Å². The van der Waals surface area contributed by atoms with E-state index in [9.17, 15) is 0 Å². The fourth-order valence-electron chi connectivity index (χ4n) is 1.63. The molecule has 0 fully saturated rings. The highest BCUT2D eigenvalue weighted by Crippen LogP contribution is 2.32. The van der Waals surface area contributed by atoms with Crippen molar-refractivity contribution >= 4 is 0 Å². The Kier molecular flexibility index (Phi) is 4.99. The third-order valence-corrected chi connectivity index (χ3v) is 2.19. The molecule has 1 rings (SSSR count). The van der Waals surface area contributed by atoms with Crippen molar-refractivity contribution in [3.63, 3.8) is 0 Å². The lowest BCUT2D eigenvalue weighted by Gasteiger charge is -2.31. The van der Waals surface area contributed by atoms with Gasteiger partial charge in [-0.2, -0.15) is 0 Å². The van der Waals surface area contributed by atoms with Gasteiger partial charge in [0.05, 0.1) is 11.8 Å². The van der Waals surface area contributed by atoms with E-state index in [1.54, 1.807) is 6.26 Å². The molecule has 0 aliphatic carbocycles. The molecular formula is C12H20O4. The Bertz CT molecular complexity index is 289. The molecule has 0 aromatic carbocycles. The van der Waals surface area contributed by atoms with Crippen LogP contribution in [0.1, 0.15) is 32.1 Å². The standard InChI is InChI=1S/C12H20O4/c1-5-14-12(15-6-2,16-7-3)11-8-9-13-10(11)4/h8-9H,5-7H2,1-4H3. The summed E-state index contributed by atoms with van der Waals surface area (Å²) in [5.74, 6) is -0.384. The van der Waals surface area contributed by atoms with Crippen molar-refractivity contribution in [2.75, 3.05) is 19.8 Å². The molecule has 0 spiro atoms. The first-order valence-electron chi connectivity index (χ1n) is 5.66. The topological polar surface area (TPSA) is 40.8 Å². The number of aryl methyl sites for hydroxylation is 1. The van der Waals surface area contributed by atoms with Gasteiger partial charge in [-0.15, -0.1) is 0 Å². The maximum atomic E-state index is 5.63. The van der Waals surface area contributed by atoms with E-state index in [1.807, 2.05) is 33.8 Å². The van der Waals surface area contributed by atoms with E-state index in [-0.39, 0.29) is 0 Å². The molecule has 4 heteroatoms. The second-order valence-corrected chi connectivity index (χ2v) is 3.25. The smallest absolute Gasteiger partial charge is 0.315 e. The Morgan fingerprint density at radius 2 is 1.56 bits per heavy atom. The van der Waals surface area contributed by atoms with Gasteiger partial charge in [0.25, 0.3) is 0 Å². The third-order valence-electron chi connectivity index (χ3n) is 2.19. The normalized spacial score (nSPS) is 12.0. The molecule has 4 nitrogen and oxygen atoms in total. The second kappa shape index (κ2) is 6.03. The van der Waals surface area contributed by atoms with Gasteiger partial charge < -0.3 is 18.6 Å². The van der Waals surface area contributed by atoms with Crippen LogP contribution in [0.3, 0.4) is 0 Å². The minimum absolute atomic E-state index is 0.505. The molecule has 0 N–H and O–H groups in total. The summed E-state index contributed by atoms with van der Waals surface area (Å²) in [5.41, 5.74) is 0.790. The number of rotatable bonds is 7. The van der Waals surface area contributed by atoms with E-state index in [0.717, 1.165) is 11.3 Å². The molecule has 0 saturated carbocycles. The van der Waals surface area contributed by atoms with Crippen LogP contribution in [0.25, 0.3) is 0 Å². The molecular weight excluding hydrogens is 208 g/mol.